The Hall–Kier alpha value is -4.02. The minimum Gasteiger partial charge on any atom is -0.507 e. The summed E-state index contributed by atoms with van der Waals surface area (Å²) in [6.45, 7) is 6.62. The summed E-state index contributed by atoms with van der Waals surface area (Å²) >= 11 is 0. The van der Waals surface area contributed by atoms with Crippen molar-refractivity contribution >= 4 is 18.1 Å². The minimum atomic E-state index is -3.52. The monoisotopic (exact) mass is 635 g/mol. The van der Waals surface area contributed by atoms with Gasteiger partial charge in [-0.3, -0.25) is 19.3 Å². The molecule has 1 fully saturated rings. The Balaban J connectivity index is 1.73. The molecular formula is C30H38FN3O11. The lowest BCUT2D eigenvalue weighted by Gasteiger charge is -2.41. The van der Waals surface area contributed by atoms with Crippen LogP contribution in [-0.4, -0.2) is 109 Å². The molecule has 2 amide bonds. The van der Waals surface area contributed by atoms with Gasteiger partial charge in [0.25, 0.3) is 5.91 Å². The van der Waals surface area contributed by atoms with Crippen molar-refractivity contribution in [2.45, 2.75) is 64.8 Å². The average Bonchev–Trinajstić information content (AvgIpc) is 3.34. The highest BCUT2D eigenvalue weighted by molar-refractivity contribution is 6.05. The van der Waals surface area contributed by atoms with Crippen LogP contribution in [0.4, 0.5) is 4.39 Å². The third kappa shape index (κ3) is 5.66. The van der Waals surface area contributed by atoms with Crippen LogP contribution in [0.3, 0.4) is 0 Å². The van der Waals surface area contributed by atoms with E-state index in [1.54, 1.807) is 0 Å². The zero-order valence-electron chi connectivity index (χ0n) is 25.6. The molecule has 246 valence electrons. The maximum Gasteiger partial charge on any atom is 0.259 e. The fourth-order valence-electron chi connectivity index (χ4n) is 5.66. The number of ether oxygens (including phenoxy) is 2. The SMILES string of the molecule is CNC(=O)C(N1Cc2c(OCc3c(C)c(O)c(CN4CCOCC4)c(C)c3F)c(C)c(O)c(O)c2C1=O)C(O)(O)C(C)(O)C=O. The number of benzene rings is 2. The van der Waals surface area contributed by atoms with Gasteiger partial charge >= 0.3 is 0 Å². The smallest absolute Gasteiger partial charge is 0.259 e. The summed E-state index contributed by atoms with van der Waals surface area (Å²) in [5.74, 6) is -8.42. The Morgan fingerprint density at radius 3 is 2.24 bits per heavy atom. The Bertz CT molecular complexity index is 1510. The Kier molecular flexibility index (Phi) is 9.33. The highest BCUT2D eigenvalue weighted by Gasteiger charge is 2.58. The molecule has 2 atom stereocenters. The second kappa shape index (κ2) is 12.4. The molecule has 2 aliphatic heterocycles. The molecule has 2 aromatic carbocycles. The first-order valence-electron chi connectivity index (χ1n) is 14.2. The number of hydrogen-bond acceptors (Lipinski definition) is 12. The molecule has 0 aromatic heterocycles. The van der Waals surface area contributed by atoms with E-state index in [1.807, 2.05) is 4.90 Å². The van der Waals surface area contributed by atoms with E-state index in [0.29, 0.717) is 43.3 Å². The number of aldehydes is 1. The van der Waals surface area contributed by atoms with Crippen molar-refractivity contribution < 1.29 is 58.9 Å². The largest absolute Gasteiger partial charge is 0.507 e. The molecule has 0 radical (unpaired) electrons. The molecule has 15 heteroatoms. The number of aromatic hydroxyl groups is 3. The van der Waals surface area contributed by atoms with Crippen molar-refractivity contribution in [3.63, 3.8) is 0 Å². The average molecular weight is 636 g/mol. The fourth-order valence-corrected chi connectivity index (χ4v) is 5.66. The van der Waals surface area contributed by atoms with Crippen LogP contribution in [0.5, 0.6) is 23.0 Å². The van der Waals surface area contributed by atoms with Crippen LogP contribution in [-0.2, 0) is 34.0 Å². The number of carbonyl (C=O) groups is 3. The standard InChI is InChI=1S/C30H38FN3O11/c1-14-17(10-33-6-8-44-9-7-33)22(36)15(2)19(21(14)31)12-45-25-16(3)23(37)24(38)20-18(25)11-34(28(20)40)26(27(39)32-5)30(42,43)29(4,41)13-35/h13,26,36-38,41-43H,6-12H2,1-5H3,(H,32,39). The van der Waals surface area contributed by atoms with E-state index in [0.717, 1.165) is 14.0 Å². The summed E-state index contributed by atoms with van der Waals surface area (Å²) in [5, 5.41) is 66.6. The molecule has 2 heterocycles. The third-order valence-corrected chi connectivity index (χ3v) is 8.68. The molecule has 0 saturated carbocycles. The Labute approximate surface area is 258 Å². The number of halogens is 1. The van der Waals surface area contributed by atoms with Crippen LogP contribution in [0.25, 0.3) is 0 Å². The van der Waals surface area contributed by atoms with E-state index >= 15 is 4.39 Å². The second-order valence-electron chi connectivity index (χ2n) is 11.5. The van der Waals surface area contributed by atoms with Crippen molar-refractivity contribution in [2.24, 2.45) is 0 Å². The molecule has 1 saturated heterocycles. The first-order valence-corrected chi connectivity index (χ1v) is 14.2. The van der Waals surface area contributed by atoms with Crippen molar-refractivity contribution in [1.82, 2.24) is 15.1 Å². The van der Waals surface area contributed by atoms with Gasteiger partial charge in [0.2, 0.25) is 11.7 Å². The third-order valence-electron chi connectivity index (χ3n) is 8.68. The van der Waals surface area contributed by atoms with Gasteiger partial charge in [-0.05, 0) is 33.3 Å². The first kappa shape index (κ1) is 33.9. The van der Waals surface area contributed by atoms with Gasteiger partial charge in [0.05, 0.1) is 25.3 Å². The lowest BCUT2D eigenvalue weighted by molar-refractivity contribution is -0.275. The van der Waals surface area contributed by atoms with Crippen LogP contribution < -0.4 is 10.1 Å². The number of hydrogen-bond donors (Lipinski definition) is 7. The summed E-state index contributed by atoms with van der Waals surface area (Å²) in [4.78, 5) is 40.5. The van der Waals surface area contributed by atoms with Crippen molar-refractivity contribution in [3.8, 4) is 23.0 Å². The number of aliphatic hydroxyl groups is 3. The molecule has 7 N–H and O–H groups in total. The van der Waals surface area contributed by atoms with E-state index in [9.17, 15) is 45.0 Å². The Morgan fingerprint density at radius 1 is 1.04 bits per heavy atom. The van der Waals surface area contributed by atoms with Gasteiger partial charge in [-0.15, -0.1) is 0 Å². The van der Waals surface area contributed by atoms with Crippen LogP contribution in [0.2, 0.25) is 0 Å². The van der Waals surface area contributed by atoms with Gasteiger partial charge < -0.3 is 50.3 Å². The molecule has 14 nitrogen and oxygen atoms in total. The number of rotatable bonds is 10. The second-order valence-corrected chi connectivity index (χ2v) is 11.5. The predicted molar refractivity (Wildman–Crippen MR) is 154 cm³/mol. The number of amides is 2. The van der Waals surface area contributed by atoms with Crippen LogP contribution in [0, 0.1) is 26.6 Å². The molecule has 0 bridgehead atoms. The summed E-state index contributed by atoms with van der Waals surface area (Å²) in [5.41, 5.74) is -2.80. The normalized spacial score (nSPS) is 17.5. The molecule has 0 aliphatic carbocycles. The van der Waals surface area contributed by atoms with E-state index in [1.165, 1.54) is 20.8 Å². The van der Waals surface area contributed by atoms with Crippen molar-refractivity contribution in [2.75, 3.05) is 33.4 Å². The topological polar surface area (TPSA) is 210 Å². The lowest BCUT2D eigenvalue weighted by atomic mass is 9.88. The number of morpholine rings is 1. The van der Waals surface area contributed by atoms with Crippen LogP contribution in [0.1, 0.15) is 50.7 Å². The van der Waals surface area contributed by atoms with E-state index in [2.05, 4.69) is 5.32 Å². The van der Waals surface area contributed by atoms with E-state index in [4.69, 9.17) is 9.47 Å². The van der Waals surface area contributed by atoms with Crippen LogP contribution in [0.15, 0.2) is 0 Å². The molecule has 45 heavy (non-hydrogen) atoms. The highest BCUT2D eigenvalue weighted by atomic mass is 19.1. The number of phenols is 3. The molecule has 4 rings (SSSR count). The predicted octanol–water partition coefficient (Wildman–Crippen LogP) is -0.0198. The molecule has 2 aromatic rings. The molecule has 2 aliphatic rings. The van der Waals surface area contributed by atoms with Crippen LogP contribution >= 0.6 is 0 Å². The summed E-state index contributed by atoms with van der Waals surface area (Å²) in [6, 6.07) is -2.28. The number of nitrogens with one attached hydrogen (secondary N) is 1. The van der Waals surface area contributed by atoms with E-state index < -0.39 is 65.3 Å². The minimum absolute atomic E-state index is 0.00683. The highest BCUT2D eigenvalue weighted by Crippen LogP contribution is 2.48. The summed E-state index contributed by atoms with van der Waals surface area (Å²) < 4.78 is 27.1. The number of carbonyl (C=O) groups excluding carboxylic acids is 3. The number of nitrogens with zero attached hydrogens (tertiary/aromatic N) is 2. The lowest BCUT2D eigenvalue weighted by Crippen LogP contribution is -2.69. The van der Waals surface area contributed by atoms with Gasteiger partial charge in [0, 0.05) is 54.5 Å². The van der Waals surface area contributed by atoms with Gasteiger partial charge in [0.15, 0.2) is 29.4 Å². The summed E-state index contributed by atoms with van der Waals surface area (Å²) in [6.07, 6.45) is -0.209. The summed E-state index contributed by atoms with van der Waals surface area (Å²) in [7, 11) is 1.12. The van der Waals surface area contributed by atoms with Gasteiger partial charge in [-0.2, -0.15) is 0 Å². The number of fused-ring (bicyclic) bond motifs is 1. The van der Waals surface area contributed by atoms with Crippen molar-refractivity contribution in [1.29, 1.82) is 0 Å². The number of likely N-dealkylation sites (N-methyl/N-ethyl adjacent to an activating group) is 1. The maximum absolute atomic E-state index is 15.8. The quantitative estimate of drug-likeness (QED) is 0.104. The molecule has 0 spiro atoms. The van der Waals surface area contributed by atoms with Gasteiger partial charge in [0.1, 0.15) is 23.9 Å². The molecular weight excluding hydrogens is 597 g/mol. The zero-order valence-corrected chi connectivity index (χ0v) is 25.6. The molecule has 2 unspecified atom stereocenters. The zero-order chi connectivity index (χ0) is 33.6. The number of phenolic OH excluding ortho intramolecular Hbond substituents is 3. The first-order chi connectivity index (χ1) is 21.0. The van der Waals surface area contributed by atoms with Gasteiger partial charge in [-0.25, -0.2) is 4.39 Å². The Morgan fingerprint density at radius 2 is 1.67 bits per heavy atom. The van der Waals surface area contributed by atoms with Crippen molar-refractivity contribution in [3.05, 3.63) is 44.8 Å². The van der Waals surface area contributed by atoms with E-state index in [-0.39, 0.29) is 45.6 Å². The maximum atomic E-state index is 15.8. The van der Waals surface area contributed by atoms with Gasteiger partial charge in [-0.1, -0.05) is 0 Å². The fraction of sp³-hybridized carbons (Fsp3) is 0.500.